The molecule has 9 nitrogen and oxygen atoms in total. The summed E-state index contributed by atoms with van der Waals surface area (Å²) in [5.74, 6) is 0.00622. The van der Waals surface area contributed by atoms with Gasteiger partial charge in [-0.25, -0.2) is 9.37 Å². The van der Waals surface area contributed by atoms with Crippen molar-refractivity contribution in [2.45, 2.75) is 60.1 Å². The van der Waals surface area contributed by atoms with Gasteiger partial charge in [-0.1, -0.05) is 56.3 Å². The second-order valence-electron chi connectivity index (χ2n) is 11.5. The van der Waals surface area contributed by atoms with Crippen LogP contribution in [0.25, 0.3) is 0 Å². The van der Waals surface area contributed by atoms with E-state index in [0.717, 1.165) is 24.8 Å². The van der Waals surface area contributed by atoms with E-state index in [0.29, 0.717) is 40.8 Å². The zero-order valence-corrected chi connectivity index (χ0v) is 28.3. The van der Waals surface area contributed by atoms with E-state index in [1.165, 1.54) is 11.0 Å². The molecule has 2 unspecified atom stereocenters. The van der Waals surface area contributed by atoms with Gasteiger partial charge in [0.1, 0.15) is 42.2 Å². The van der Waals surface area contributed by atoms with Crippen LogP contribution in [0.1, 0.15) is 72.9 Å². The summed E-state index contributed by atoms with van der Waals surface area (Å²) in [7, 11) is 1.00. The Morgan fingerprint density at radius 1 is 1.10 bits per heavy atom. The lowest BCUT2D eigenvalue weighted by Crippen LogP contribution is -2.36. The van der Waals surface area contributed by atoms with Crippen LogP contribution >= 0.6 is 0 Å². The maximum absolute atomic E-state index is 16.3. The molecule has 0 saturated carbocycles. The number of nitrogens with one attached hydrogen (secondary N) is 1. The number of ether oxygens (including phenoxy) is 1. The fourth-order valence-electron chi connectivity index (χ4n) is 5.53. The molecule has 2 atom stereocenters. The average Bonchev–Trinajstić information content (AvgIpc) is 3.40. The number of phenolic OH excluding ortho intramolecular Hbond substituents is 1. The van der Waals surface area contributed by atoms with Gasteiger partial charge in [0.25, 0.3) is 5.91 Å². The number of oxazole rings is 1. The Hall–Kier alpha value is -5.22. The third kappa shape index (κ3) is 8.01. The number of aromatic nitrogens is 1. The molecular weight excluding hydrogens is 613 g/mol. The van der Waals surface area contributed by atoms with Crippen LogP contribution in [0.15, 0.2) is 95.1 Å². The number of halogens is 1. The number of aromatic hydroxyl groups is 1. The van der Waals surface area contributed by atoms with Gasteiger partial charge in [0.2, 0.25) is 0 Å². The number of carbonyl (C=O) groups excluding carboxylic acids is 2. The molecule has 48 heavy (non-hydrogen) atoms. The normalized spacial score (nSPS) is 14.9. The van der Waals surface area contributed by atoms with Crippen LogP contribution in [-0.2, 0) is 11.4 Å². The largest absolute Gasteiger partial charge is 0.506 e. The smallest absolute Gasteiger partial charge is 0.281 e. The highest BCUT2D eigenvalue weighted by molar-refractivity contribution is 6.09. The van der Waals surface area contributed by atoms with Crippen molar-refractivity contribution in [1.82, 2.24) is 4.98 Å². The number of hydrogen-bond acceptors (Lipinski definition) is 8. The van der Waals surface area contributed by atoms with Crippen LogP contribution in [0.4, 0.5) is 15.8 Å². The first-order valence-corrected chi connectivity index (χ1v) is 15.4. The number of carbonyl (C=O) groups is 2. The highest BCUT2D eigenvalue weighted by Crippen LogP contribution is 2.48. The third-order valence-corrected chi connectivity index (χ3v) is 8.42. The molecular formula is C38H44FN3O6. The summed E-state index contributed by atoms with van der Waals surface area (Å²) in [6, 6.07) is 18.4. The van der Waals surface area contributed by atoms with Crippen LogP contribution in [0, 0.1) is 25.1 Å². The van der Waals surface area contributed by atoms with E-state index in [2.05, 4.69) is 30.7 Å². The van der Waals surface area contributed by atoms with E-state index in [4.69, 9.17) is 19.1 Å². The summed E-state index contributed by atoms with van der Waals surface area (Å²) in [6.07, 6.45) is 3.23. The lowest BCUT2D eigenvalue weighted by Gasteiger charge is -2.33. The standard InChI is InChI=1S/C36H38FN3O4.CH4O.CH2O/c1-7-36(6,8-2)20-29-22(3)34(27-18-17-26(19-28(27)37)43-21-25-13-10-9-11-14-25)40(30-15-12-16-31(41)33(30)39-29)35(42)32-23(4)44-24(5)38-32;2*1-2/h7,9-19,34,39,41H,1,8,20-21H2,2-6H3;2H,1H3;1H2. The van der Waals surface area contributed by atoms with Crippen molar-refractivity contribution in [3.63, 3.8) is 0 Å². The number of benzene rings is 3. The van der Waals surface area contributed by atoms with Gasteiger partial charge in [-0.2, -0.15) is 0 Å². The number of hydrogen-bond donors (Lipinski definition) is 3. The Morgan fingerprint density at radius 3 is 2.38 bits per heavy atom. The van der Waals surface area contributed by atoms with Crippen molar-refractivity contribution in [2.75, 3.05) is 17.3 Å². The molecule has 1 aromatic heterocycles. The van der Waals surface area contributed by atoms with Crippen molar-refractivity contribution in [2.24, 2.45) is 5.41 Å². The predicted molar refractivity (Wildman–Crippen MR) is 186 cm³/mol. The number of fused-ring (bicyclic) bond motifs is 1. The van der Waals surface area contributed by atoms with Crippen molar-refractivity contribution in [3.8, 4) is 11.5 Å². The fraction of sp³-hybridized carbons (Fsp3) is 0.289. The number of para-hydroxylation sites is 1. The highest BCUT2D eigenvalue weighted by Gasteiger charge is 2.39. The number of anilines is 2. The summed E-state index contributed by atoms with van der Waals surface area (Å²) in [5.41, 5.74) is 3.25. The topological polar surface area (TPSA) is 125 Å². The van der Waals surface area contributed by atoms with Crippen molar-refractivity contribution < 1.29 is 33.3 Å². The van der Waals surface area contributed by atoms with Gasteiger partial charge in [-0.15, -0.1) is 6.58 Å². The molecule has 0 radical (unpaired) electrons. The number of aryl methyl sites for hydroxylation is 2. The molecule has 0 bridgehead atoms. The van der Waals surface area contributed by atoms with E-state index in [1.807, 2.05) is 50.1 Å². The zero-order valence-electron chi connectivity index (χ0n) is 28.3. The van der Waals surface area contributed by atoms with E-state index >= 15 is 4.39 Å². The van der Waals surface area contributed by atoms with E-state index in [1.54, 1.807) is 44.2 Å². The third-order valence-electron chi connectivity index (χ3n) is 8.42. The zero-order chi connectivity index (χ0) is 35.6. The van der Waals surface area contributed by atoms with Gasteiger partial charge < -0.3 is 29.5 Å². The minimum Gasteiger partial charge on any atom is -0.506 e. The molecule has 0 aliphatic carbocycles. The SMILES string of the molecule is C=CC(C)(CC)CC1=C(C)C(c2ccc(OCc3ccccc3)cc2F)N(C(=O)c2nc(C)oc2C)c2cccc(O)c2N1.C=O.CO. The van der Waals surface area contributed by atoms with Crippen LogP contribution < -0.4 is 15.0 Å². The minimum absolute atomic E-state index is 0.0405. The highest BCUT2D eigenvalue weighted by atomic mass is 19.1. The van der Waals surface area contributed by atoms with Crippen molar-refractivity contribution in [3.05, 3.63) is 125 Å². The number of phenols is 1. The summed E-state index contributed by atoms with van der Waals surface area (Å²) in [6.45, 7) is 15.7. The lowest BCUT2D eigenvalue weighted by atomic mass is 9.81. The second kappa shape index (κ2) is 16.6. The summed E-state index contributed by atoms with van der Waals surface area (Å²) < 4.78 is 27.8. The lowest BCUT2D eigenvalue weighted by molar-refractivity contribution is -0.0980. The van der Waals surface area contributed by atoms with E-state index < -0.39 is 17.8 Å². The Morgan fingerprint density at radius 2 is 1.79 bits per heavy atom. The van der Waals surface area contributed by atoms with Crippen LogP contribution in [-0.4, -0.2) is 35.0 Å². The molecule has 2 heterocycles. The number of aliphatic hydroxyl groups is 1. The summed E-state index contributed by atoms with van der Waals surface area (Å²) in [4.78, 5) is 28.3. The maximum atomic E-state index is 16.3. The minimum atomic E-state index is -0.890. The Kier molecular flexibility index (Phi) is 12.8. The van der Waals surface area contributed by atoms with Gasteiger partial charge in [-0.3, -0.25) is 9.69 Å². The Balaban J connectivity index is 0.00000151. The molecule has 3 N–H and O–H groups in total. The molecule has 0 spiro atoms. The molecule has 254 valence electrons. The molecule has 1 aliphatic heterocycles. The predicted octanol–water partition coefficient (Wildman–Crippen LogP) is 8.22. The number of nitrogens with zero attached hydrogens (tertiary/aromatic N) is 2. The molecule has 3 aromatic carbocycles. The summed E-state index contributed by atoms with van der Waals surface area (Å²) >= 11 is 0. The number of amides is 1. The Labute approximate surface area is 281 Å². The molecule has 10 heteroatoms. The monoisotopic (exact) mass is 657 g/mol. The van der Waals surface area contributed by atoms with E-state index in [-0.39, 0.29) is 29.0 Å². The molecule has 1 amide bonds. The number of rotatable bonds is 9. The maximum Gasteiger partial charge on any atom is 0.281 e. The van der Waals surface area contributed by atoms with Crippen LogP contribution in [0.2, 0.25) is 0 Å². The van der Waals surface area contributed by atoms with Crippen LogP contribution in [0.5, 0.6) is 11.5 Å². The first kappa shape index (κ1) is 37.2. The first-order valence-electron chi connectivity index (χ1n) is 15.4. The molecule has 0 fully saturated rings. The first-order chi connectivity index (χ1) is 23.0. The van der Waals surface area contributed by atoms with E-state index in [9.17, 15) is 9.90 Å². The van der Waals surface area contributed by atoms with Crippen molar-refractivity contribution in [1.29, 1.82) is 0 Å². The van der Waals surface area contributed by atoms with Gasteiger partial charge in [0.05, 0.1) is 11.7 Å². The van der Waals surface area contributed by atoms with Gasteiger partial charge in [0.15, 0.2) is 11.6 Å². The average molecular weight is 658 g/mol. The molecule has 5 rings (SSSR count). The van der Waals surface area contributed by atoms with Crippen molar-refractivity contribution >= 4 is 24.1 Å². The van der Waals surface area contributed by atoms with Crippen LogP contribution in [0.3, 0.4) is 0 Å². The van der Waals surface area contributed by atoms with Gasteiger partial charge in [0, 0.05) is 31.4 Å². The molecule has 0 saturated heterocycles. The quantitative estimate of drug-likeness (QED) is 0.121. The molecule has 1 aliphatic rings. The fourth-order valence-corrected chi connectivity index (χ4v) is 5.53. The number of aliphatic hydroxyl groups excluding tert-OH is 1. The van der Waals surface area contributed by atoms with Gasteiger partial charge >= 0.3 is 0 Å². The van der Waals surface area contributed by atoms with Gasteiger partial charge in [-0.05, 0) is 67.5 Å². The molecule has 4 aromatic rings. The number of allylic oxidation sites excluding steroid dienone is 2. The summed E-state index contributed by atoms with van der Waals surface area (Å²) in [5, 5.41) is 21.5. The second-order valence-corrected chi connectivity index (χ2v) is 11.5. The Bertz CT molecular complexity index is 1750.